The Morgan fingerprint density at radius 2 is 1.52 bits per heavy atom. The van der Waals surface area contributed by atoms with Gasteiger partial charge in [-0.3, -0.25) is 0 Å². The number of carboxylic acid groups (broad SMARTS) is 2. The number of aliphatic carboxylic acids is 2. The van der Waals surface area contributed by atoms with E-state index in [0.717, 1.165) is 42.9 Å². The average molecular weight is 375 g/mol. The largest absolute Gasteiger partial charge is 0.508 e. The Labute approximate surface area is 158 Å². The van der Waals surface area contributed by atoms with Gasteiger partial charge in [-0.25, -0.2) is 9.59 Å². The van der Waals surface area contributed by atoms with Gasteiger partial charge >= 0.3 is 11.9 Å². The maximum Gasteiger partial charge on any atom is 0.414 e. The van der Waals surface area contributed by atoms with Gasteiger partial charge in [-0.15, -0.1) is 0 Å². The zero-order valence-electron chi connectivity index (χ0n) is 15.2. The van der Waals surface area contributed by atoms with E-state index in [0.29, 0.717) is 12.2 Å². The number of unbranched alkanes of at least 4 members (excludes halogenated alkanes) is 1. The van der Waals surface area contributed by atoms with Crippen LogP contribution in [0.25, 0.3) is 0 Å². The molecule has 2 rings (SSSR count). The molecule has 27 heavy (non-hydrogen) atoms. The summed E-state index contributed by atoms with van der Waals surface area (Å²) in [5.41, 5.74) is 2.02. The lowest BCUT2D eigenvalue weighted by Gasteiger charge is -2.12. The Hall–Kier alpha value is -3.06. The molecule has 0 bridgehead atoms. The van der Waals surface area contributed by atoms with Gasteiger partial charge in [-0.05, 0) is 49.7 Å². The van der Waals surface area contributed by atoms with Crippen molar-refractivity contribution < 1.29 is 29.6 Å². The van der Waals surface area contributed by atoms with Gasteiger partial charge in [0.15, 0.2) is 0 Å². The molecular formula is C20H25NO6. The number of nitrogens with one attached hydrogen (secondary N) is 1. The Balaban J connectivity index is 0.000000527. The van der Waals surface area contributed by atoms with Gasteiger partial charge in [0.2, 0.25) is 0 Å². The fraction of sp³-hybridized carbons (Fsp3) is 0.300. The van der Waals surface area contributed by atoms with Crippen LogP contribution >= 0.6 is 0 Å². The Morgan fingerprint density at radius 3 is 2.11 bits per heavy atom. The van der Waals surface area contributed by atoms with E-state index in [1.165, 1.54) is 0 Å². The monoisotopic (exact) mass is 375 g/mol. The summed E-state index contributed by atoms with van der Waals surface area (Å²) in [5.74, 6) is -2.41. The minimum atomic E-state index is -1.82. The van der Waals surface area contributed by atoms with Gasteiger partial charge in [0.1, 0.15) is 11.5 Å². The van der Waals surface area contributed by atoms with Gasteiger partial charge in [0.05, 0.1) is 6.61 Å². The number of carbonyl (C=O) groups is 2. The number of phenolic OH excluding ortho intramolecular Hbond substituents is 1. The number of benzene rings is 2. The molecule has 2 aromatic carbocycles. The van der Waals surface area contributed by atoms with Crippen LogP contribution in [0.5, 0.6) is 11.5 Å². The molecule has 0 aliphatic heterocycles. The molecule has 0 spiro atoms. The van der Waals surface area contributed by atoms with Crippen molar-refractivity contribution in [2.24, 2.45) is 0 Å². The topological polar surface area (TPSA) is 116 Å². The second-order valence-corrected chi connectivity index (χ2v) is 5.68. The van der Waals surface area contributed by atoms with E-state index in [1.807, 2.05) is 43.4 Å². The first kappa shape index (κ1) is 22.0. The molecule has 0 fully saturated rings. The van der Waals surface area contributed by atoms with Crippen LogP contribution in [0.3, 0.4) is 0 Å². The highest BCUT2D eigenvalue weighted by Crippen LogP contribution is 2.25. The maximum absolute atomic E-state index is 9.89. The number of para-hydroxylation sites is 2. The highest BCUT2D eigenvalue weighted by molar-refractivity contribution is 6.27. The highest BCUT2D eigenvalue weighted by Gasteiger charge is 2.07. The van der Waals surface area contributed by atoms with Crippen molar-refractivity contribution in [2.45, 2.75) is 19.3 Å². The van der Waals surface area contributed by atoms with Crippen molar-refractivity contribution in [1.29, 1.82) is 0 Å². The number of aromatic hydroxyl groups is 1. The molecule has 146 valence electrons. The lowest BCUT2D eigenvalue weighted by Crippen LogP contribution is -2.09. The minimum Gasteiger partial charge on any atom is -0.508 e. The van der Waals surface area contributed by atoms with Crippen LogP contribution < -0.4 is 10.1 Å². The first-order valence-corrected chi connectivity index (χ1v) is 8.54. The molecule has 0 amide bonds. The summed E-state index contributed by atoms with van der Waals surface area (Å²) in [6.07, 6.45) is 2.82. The summed E-state index contributed by atoms with van der Waals surface area (Å²) in [5, 5.41) is 27.8. The molecule has 0 unspecified atom stereocenters. The normalized spacial score (nSPS) is 9.81. The quantitative estimate of drug-likeness (QED) is 0.414. The summed E-state index contributed by atoms with van der Waals surface area (Å²) in [6.45, 7) is 1.74. The second kappa shape index (κ2) is 12.3. The van der Waals surface area contributed by atoms with Crippen LogP contribution in [0, 0.1) is 0 Å². The summed E-state index contributed by atoms with van der Waals surface area (Å²) >= 11 is 0. The first-order valence-electron chi connectivity index (χ1n) is 8.54. The van der Waals surface area contributed by atoms with Crippen molar-refractivity contribution in [3.8, 4) is 11.5 Å². The molecule has 0 heterocycles. The lowest BCUT2D eigenvalue weighted by atomic mass is 10.0. The number of rotatable bonds is 8. The van der Waals surface area contributed by atoms with Gasteiger partial charge in [-0.2, -0.15) is 0 Å². The van der Waals surface area contributed by atoms with Crippen LogP contribution in [0.15, 0.2) is 48.5 Å². The molecule has 0 aliphatic rings. The van der Waals surface area contributed by atoms with Crippen molar-refractivity contribution in [3.05, 3.63) is 59.7 Å². The van der Waals surface area contributed by atoms with E-state index >= 15 is 0 Å². The second-order valence-electron chi connectivity index (χ2n) is 5.68. The Kier molecular flexibility index (Phi) is 10.0. The number of hydrogen-bond donors (Lipinski definition) is 4. The Bertz CT molecular complexity index is 720. The van der Waals surface area contributed by atoms with E-state index in [2.05, 4.69) is 11.4 Å². The van der Waals surface area contributed by atoms with Gasteiger partial charge in [0, 0.05) is 6.42 Å². The zero-order valence-corrected chi connectivity index (χ0v) is 15.2. The van der Waals surface area contributed by atoms with Gasteiger partial charge in [0.25, 0.3) is 0 Å². The smallest absolute Gasteiger partial charge is 0.414 e. The molecule has 0 aromatic heterocycles. The van der Waals surface area contributed by atoms with Crippen molar-refractivity contribution >= 4 is 11.9 Å². The van der Waals surface area contributed by atoms with Crippen molar-refractivity contribution in [3.63, 3.8) is 0 Å². The fourth-order valence-corrected chi connectivity index (χ4v) is 2.24. The predicted molar refractivity (Wildman–Crippen MR) is 101 cm³/mol. The van der Waals surface area contributed by atoms with E-state index in [1.54, 1.807) is 6.07 Å². The minimum absolute atomic E-state index is 0.335. The van der Waals surface area contributed by atoms with E-state index < -0.39 is 11.9 Å². The molecule has 0 aliphatic carbocycles. The summed E-state index contributed by atoms with van der Waals surface area (Å²) in [7, 11) is 1.96. The molecule has 0 saturated heterocycles. The van der Waals surface area contributed by atoms with Crippen LogP contribution in [0.2, 0.25) is 0 Å². The third-order valence-electron chi connectivity index (χ3n) is 3.61. The third-order valence-corrected chi connectivity index (χ3v) is 3.61. The molecule has 7 nitrogen and oxygen atoms in total. The molecule has 0 atom stereocenters. The Morgan fingerprint density at radius 1 is 0.926 bits per heavy atom. The number of ether oxygens (including phenoxy) is 1. The van der Waals surface area contributed by atoms with E-state index in [9.17, 15) is 5.11 Å². The molecular weight excluding hydrogens is 350 g/mol. The first-order chi connectivity index (χ1) is 13.0. The number of phenols is 1. The average Bonchev–Trinajstić information content (AvgIpc) is 2.65. The predicted octanol–water partition coefficient (Wildman–Crippen LogP) is 2.52. The van der Waals surface area contributed by atoms with Crippen LogP contribution in [-0.4, -0.2) is 47.5 Å². The number of hydrogen-bond acceptors (Lipinski definition) is 5. The van der Waals surface area contributed by atoms with Gasteiger partial charge < -0.3 is 25.4 Å². The summed E-state index contributed by atoms with van der Waals surface area (Å²) in [6, 6.07) is 15.5. The molecule has 7 heteroatoms. The van der Waals surface area contributed by atoms with E-state index in [4.69, 9.17) is 24.5 Å². The van der Waals surface area contributed by atoms with E-state index in [-0.39, 0.29) is 0 Å². The zero-order chi connectivity index (χ0) is 20.1. The lowest BCUT2D eigenvalue weighted by molar-refractivity contribution is -0.159. The molecule has 4 N–H and O–H groups in total. The van der Waals surface area contributed by atoms with Crippen LogP contribution in [0.4, 0.5) is 0 Å². The standard InChI is InChI=1S/C18H23NO2.C2H2O4/c1-19-12-6-7-13-21-18-11-5-3-9-16(18)14-15-8-2-4-10-17(15)20;3-1(4)2(5)6/h2-5,8-11,19-20H,6-7,12-14H2,1H3;(H,3,4)(H,5,6). The van der Waals surface area contributed by atoms with Crippen molar-refractivity contribution in [1.82, 2.24) is 5.32 Å². The molecule has 0 radical (unpaired) electrons. The summed E-state index contributed by atoms with van der Waals surface area (Å²) < 4.78 is 5.89. The molecule has 2 aromatic rings. The third kappa shape index (κ3) is 8.73. The summed E-state index contributed by atoms with van der Waals surface area (Å²) in [4.78, 5) is 18.2. The SMILES string of the molecule is CNCCCCOc1ccccc1Cc1ccccc1O.O=C(O)C(=O)O. The number of carboxylic acids is 2. The van der Waals surface area contributed by atoms with Crippen LogP contribution in [0.1, 0.15) is 24.0 Å². The highest BCUT2D eigenvalue weighted by atomic mass is 16.5. The van der Waals surface area contributed by atoms with Crippen LogP contribution in [-0.2, 0) is 16.0 Å². The van der Waals surface area contributed by atoms with Gasteiger partial charge in [-0.1, -0.05) is 36.4 Å². The van der Waals surface area contributed by atoms with Crippen molar-refractivity contribution in [2.75, 3.05) is 20.2 Å². The maximum atomic E-state index is 9.89. The fourth-order valence-electron chi connectivity index (χ4n) is 2.24. The molecule has 0 saturated carbocycles.